The van der Waals surface area contributed by atoms with Gasteiger partial charge in [-0.05, 0) is 26.7 Å². The molecule has 2 amide bonds. The molecule has 0 aromatic rings. The van der Waals surface area contributed by atoms with Gasteiger partial charge in [-0.1, -0.05) is 19.3 Å². The topological polar surface area (TPSA) is 58.6 Å². The van der Waals surface area contributed by atoms with Crippen LogP contribution in [0.1, 0.15) is 46.0 Å². The first-order valence-electron chi connectivity index (χ1n) is 7.33. The van der Waals surface area contributed by atoms with Crippen molar-refractivity contribution in [2.75, 3.05) is 13.1 Å². The van der Waals surface area contributed by atoms with E-state index in [4.69, 9.17) is 4.74 Å². The third kappa shape index (κ3) is 3.61. The number of ether oxygens (including phenoxy) is 1. The molecule has 1 heterocycles. The van der Waals surface area contributed by atoms with Crippen LogP contribution in [0, 0.1) is 5.92 Å². The fourth-order valence-corrected chi connectivity index (χ4v) is 2.79. The largest absolute Gasteiger partial charge is 0.442 e. The van der Waals surface area contributed by atoms with E-state index in [9.17, 15) is 9.59 Å². The first kappa shape index (κ1) is 14.2. The lowest BCUT2D eigenvalue weighted by molar-refractivity contribution is -0.126. The molecule has 1 aliphatic heterocycles. The van der Waals surface area contributed by atoms with Crippen LogP contribution in [0.4, 0.5) is 4.79 Å². The van der Waals surface area contributed by atoms with Gasteiger partial charge in [-0.2, -0.15) is 0 Å². The number of hydrogen-bond acceptors (Lipinski definition) is 3. The molecule has 5 heteroatoms. The van der Waals surface area contributed by atoms with Gasteiger partial charge in [-0.15, -0.1) is 0 Å². The number of rotatable bonds is 4. The highest BCUT2D eigenvalue weighted by atomic mass is 16.6. The van der Waals surface area contributed by atoms with Crippen LogP contribution in [-0.2, 0) is 9.53 Å². The average Bonchev–Trinajstić information content (AvgIpc) is 2.78. The predicted octanol–water partition coefficient (Wildman–Crippen LogP) is 1.91. The zero-order valence-electron chi connectivity index (χ0n) is 11.9. The maximum Gasteiger partial charge on any atom is 0.410 e. The molecule has 1 atom stereocenters. The Balaban J connectivity index is 1.74. The lowest BCUT2D eigenvalue weighted by Crippen LogP contribution is -2.39. The minimum Gasteiger partial charge on any atom is -0.442 e. The minimum absolute atomic E-state index is 0.124. The molecule has 1 saturated carbocycles. The van der Waals surface area contributed by atoms with E-state index in [1.54, 1.807) is 4.90 Å². The van der Waals surface area contributed by atoms with E-state index in [0.717, 1.165) is 25.7 Å². The Morgan fingerprint density at radius 3 is 2.63 bits per heavy atom. The van der Waals surface area contributed by atoms with Gasteiger partial charge in [0.2, 0.25) is 5.91 Å². The van der Waals surface area contributed by atoms with Gasteiger partial charge in [0, 0.05) is 12.0 Å². The van der Waals surface area contributed by atoms with Gasteiger partial charge in [-0.25, -0.2) is 4.79 Å². The van der Waals surface area contributed by atoms with E-state index in [1.165, 1.54) is 6.42 Å². The molecule has 2 rings (SSSR count). The van der Waals surface area contributed by atoms with Gasteiger partial charge in [0.05, 0.1) is 13.1 Å². The molecule has 0 aromatic heterocycles. The Morgan fingerprint density at radius 2 is 2.05 bits per heavy atom. The number of cyclic esters (lactones) is 1. The van der Waals surface area contributed by atoms with E-state index >= 15 is 0 Å². The van der Waals surface area contributed by atoms with E-state index < -0.39 is 0 Å². The number of nitrogens with one attached hydrogen (secondary N) is 1. The molecule has 1 saturated heterocycles. The number of nitrogens with zero attached hydrogens (tertiary/aromatic N) is 1. The van der Waals surface area contributed by atoms with Gasteiger partial charge in [0.15, 0.2) is 0 Å². The standard InChI is InChI=1S/C14H24N2O3/c1-10(2)16-9-12(19-14(16)18)8-15-13(17)11-6-4-3-5-7-11/h10-12H,3-9H2,1-2H3,(H,15,17). The van der Waals surface area contributed by atoms with Crippen molar-refractivity contribution < 1.29 is 14.3 Å². The molecule has 2 aliphatic rings. The second-order valence-corrected chi connectivity index (χ2v) is 5.83. The Labute approximate surface area is 114 Å². The molecule has 1 aliphatic carbocycles. The Kier molecular flexibility index (Phi) is 4.66. The van der Waals surface area contributed by atoms with Crippen molar-refractivity contribution >= 4 is 12.0 Å². The van der Waals surface area contributed by atoms with Gasteiger partial charge >= 0.3 is 6.09 Å². The Morgan fingerprint density at radius 1 is 1.37 bits per heavy atom. The monoisotopic (exact) mass is 268 g/mol. The molecule has 0 bridgehead atoms. The van der Waals surface area contributed by atoms with E-state index in [1.807, 2.05) is 13.8 Å². The normalized spacial score (nSPS) is 24.7. The summed E-state index contributed by atoms with van der Waals surface area (Å²) in [6, 6.07) is 0.145. The van der Waals surface area contributed by atoms with Crippen LogP contribution < -0.4 is 5.32 Å². The molecule has 108 valence electrons. The summed E-state index contributed by atoms with van der Waals surface area (Å²) >= 11 is 0. The van der Waals surface area contributed by atoms with E-state index in [2.05, 4.69) is 5.32 Å². The summed E-state index contributed by atoms with van der Waals surface area (Å²) in [6.07, 6.45) is 5.06. The summed E-state index contributed by atoms with van der Waals surface area (Å²) in [5.41, 5.74) is 0. The fourth-order valence-electron chi connectivity index (χ4n) is 2.79. The van der Waals surface area contributed by atoms with Crippen molar-refractivity contribution in [3.05, 3.63) is 0 Å². The van der Waals surface area contributed by atoms with Gasteiger partial charge in [0.25, 0.3) is 0 Å². The average molecular weight is 268 g/mol. The van der Waals surface area contributed by atoms with Crippen molar-refractivity contribution in [2.45, 2.75) is 58.1 Å². The van der Waals surface area contributed by atoms with Crippen LogP contribution in [0.15, 0.2) is 0 Å². The first-order valence-corrected chi connectivity index (χ1v) is 7.33. The zero-order chi connectivity index (χ0) is 13.8. The van der Waals surface area contributed by atoms with Crippen LogP contribution in [0.25, 0.3) is 0 Å². The quantitative estimate of drug-likeness (QED) is 0.847. The molecule has 0 spiro atoms. The highest BCUT2D eigenvalue weighted by molar-refractivity contribution is 5.78. The summed E-state index contributed by atoms with van der Waals surface area (Å²) < 4.78 is 5.25. The third-order valence-corrected chi connectivity index (χ3v) is 4.01. The summed E-state index contributed by atoms with van der Waals surface area (Å²) in [6.45, 7) is 4.93. The van der Waals surface area contributed by atoms with Crippen LogP contribution in [0.3, 0.4) is 0 Å². The van der Waals surface area contributed by atoms with Crippen molar-refractivity contribution in [3.8, 4) is 0 Å². The van der Waals surface area contributed by atoms with Crippen molar-refractivity contribution in [2.24, 2.45) is 5.92 Å². The van der Waals surface area contributed by atoms with Crippen LogP contribution in [-0.4, -0.2) is 42.1 Å². The summed E-state index contributed by atoms with van der Waals surface area (Å²) in [5, 5.41) is 2.93. The highest BCUT2D eigenvalue weighted by Crippen LogP contribution is 2.23. The van der Waals surface area contributed by atoms with Crippen molar-refractivity contribution in [3.63, 3.8) is 0 Å². The summed E-state index contributed by atoms with van der Waals surface area (Å²) in [5.74, 6) is 0.283. The van der Waals surface area contributed by atoms with Gasteiger partial charge in [-0.3, -0.25) is 4.79 Å². The summed E-state index contributed by atoms with van der Waals surface area (Å²) in [7, 11) is 0. The van der Waals surface area contributed by atoms with E-state index in [0.29, 0.717) is 13.1 Å². The Bertz CT molecular complexity index is 338. The first-order chi connectivity index (χ1) is 9.08. The Hall–Kier alpha value is -1.26. The molecule has 2 fully saturated rings. The molecular weight excluding hydrogens is 244 g/mol. The zero-order valence-corrected chi connectivity index (χ0v) is 11.9. The highest BCUT2D eigenvalue weighted by Gasteiger charge is 2.33. The number of hydrogen-bond donors (Lipinski definition) is 1. The van der Waals surface area contributed by atoms with E-state index in [-0.39, 0.29) is 30.1 Å². The second-order valence-electron chi connectivity index (χ2n) is 5.83. The summed E-state index contributed by atoms with van der Waals surface area (Å²) in [4.78, 5) is 25.2. The lowest BCUT2D eigenvalue weighted by Gasteiger charge is -2.21. The fraction of sp³-hybridized carbons (Fsp3) is 0.857. The molecule has 0 radical (unpaired) electrons. The number of carbonyl (C=O) groups excluding carboxylic acids is 2. The third-order valence-electron chi connectivity index (χ3n) is 4.01. The smallest absolute Gasteiger partial charge is 0.410 e. The minimum atomic E-state index is -0.271. The van der Waals surface area contributed by atoms with Crippen LogP contribution in [0.5, 0.6) is 0 Å². The maximum absolute atomic E-state index is 12.0. The second kappa shape index (κ2) is 6.26. The molecule has 1 N–H and O–H groups in total. The number of amides is 2. The van der Waals surface area contributed by atoms with Gasteiger partial charge < -0.3 is 15.0 Å². The van der Waals surface area contributed by atoms with Gasteiger partial charge in [0.1, 0.15) is 6.10 Å². The molecule has 1 unspecified atom stereocenters. The molecule has 5 nitrogen and oxygen atoms in total. The van der Waals surface area contributed by atoms with Crippen LogP contribution in [0.2, 0.25) is 0 Å². The number of carbonyl (C=O) groups is 2. The molecule has 0 aromatic carbocycles. The van der Waals surface area contributed by atoms with Crippen LogP contribution >= 0.6 is 0 Å². The predicted molar refractivity (Wildman–Crippen MR) is 71.7 cm³/mol. The SMILES string of the molecule is CC(C)N1CC(CNC(=O)C2CCCCC2)OC1=O. The lowest BCUT2D eigenvalue weighted by atomic mass is 9.88. The van der Waals surface area contributed by atoms with Crippen molar-refractivity contribution in [1.29, 1.82) is 0 Å². The molecular formula is C14H24N2O3. The molecule has 19 heavy (non-hydrogen) atoms. The maximum atomic E-state index is 12.0. The van der Waals surface area contributed by atoms with Crippen molar-refractivity contribution in [1.82, 2.24) is 10.2 Å².